The second-order valence-electron chi connectivity index (χ2n) is 4.12. The molecule has 0 spiro atoms. The van der Waals surface area contributed by atoms with Crippen LogP contribution in [-0.4, -0.2) is 35.8 Å². The Labute approximate surface area is 122 Å². The van der Waals surface area contributed by atoms with E-state index in [-0.39, 0.29) is 18.7 Å². The smallest absolute Gasteiger partial charge is 0.315 e. The summed E-state index contributed by atoms with van der Waals surface area (Å²) in [4.78, 5) is 11.7. The molecule has 0 radical (unpaired) electrons. The van der Waals surface area contributed by atoms with Gasteiger partial charge in [-0.05, 0) is 30.4 Å². The highest BCUT2D eigenvalue weighted by molar-refractivity contribution is 7.98. The summed E-state index contributed by atoms with van der Waals surface area (Å²) in [6.45, 7) is 0.525. The number of benzene rings is 1. The number of carbonyl (C=O) groups is 1. The van der Waals surface area contributed by atoms with E-state index in [2.05, 4.69) is 10.6 Å². The zero-order valence-electron chi connectivity index (χ0n) is 10.9. The molecular formula is C13H19ClN2O2S. The van der Waals surface area contributed by atoms with Crippen molar-refractivity contribution in [3.8, 4) is 0 Å². The highest BCUT2D eigenvalue weighted by Gasteiger charge is 2.10. The summed E-state index contributed by atoms with van der Waals surface area (Å²) in [6, 6.07) is 7.09. The van der Waals surface area contributed by atoms with Crippen molar-refractivity contribution in [3.63, 3.8) is 0 Å². The van der Waals surface area contributed by atoms with Gasteiger partial charge in [-0.2, -0.15) is 11.8 Å². The maximum atomic E-state index is 11.7. The predicted octanol–water partition coefficient (Wildman–Crippen LogP) is 2.25. The van der Waals surface area contributed by atoms with Crippen LogP contribution in [0.1, 0.15) is 12.0 Å². The van der Waals surface area contributed by atoms with Crippen molar-refractivity contribution < 1.29 is 9.90 Å². The summed E-state index contributed by atoms with van der Waals surface area (Å²) in [5.41, 5.74) is 0.989. The van der Waals surface area contributed by atoms with Crippen molar-refractivity contribution >= 4 is 29.4 Å². The zero-order chi connectivity index (χ0) is 14.1. The van der Waals surface area contributed by atoms with Crippen LogP contribution in [0, 0.1) is 0 Å². The van der Waals surface area contributed by atoms with Gasteiger partial charge in [0.15, 0.2) is 0 Å². The first-order chi connectivity index (χ1) is 9.15. The average molecular weight is 303 g/mol. The normalized spacial score (nSPS) is 11.9. The van der Waals surface area contributed by atoms with Crippen LogP contribution in [0.25, 0.3) is 0 Å². The minimum absolute atomic E-state index is 0.00906. The SMILES string of the molecule is CSCC(CCO)NC(=O)NCc1ccc(Cl)cc1. The summed E-state index contributed by atoms with van der Waals surface area (Å²) in [5, 5.41) is 15.2. The Hall–Kier alpha value is -0.910. The number of hydrogen-bond acceptors (Lipinski definition) is 3. The molecule has 0 bridgehead atoms. The molecule has 1 rings (SSSR count). The second kappa shape index (κ2) is 9.07. The van der Waals surface area contributed by atoms with Crippen LogP contribution in [-0.2, 0) is 6.54 Å². The fourth-order valence-corrected chi connectivity index (χ4v) is 2.35. The summed E-state index contributed by atoms with van der Waals surface area (Å²) >= 11 is 7.43. The van der Waals surface area contributed by atoms with Gasteiger partial charge in [0.05, 0.1) is 0 Å². The largest absolute Gasteiger partial charge is 0.396 e. The van der Waals surface area contributed by atoms with Crippen LogP contribution in [0.3, 0.4) is 0 Å². The van der Waals surface area contributed by atoms with E-state index in [9.17, 15) is 4.79 Å². The highest BCUT2D eigenvalue weighted by Crippen LogP contribution is 2.09. The minimum Gasteiger partial charge on any atom is -0.396 e. The van der Waals surface area contributed by atoms with Gasteiger partial charge in [0.1, 0.15) is 0 Å². The molecule has 19 heavy (non-hydrogen) atoms. The predicted molar refractivity (Wildman–Crippen MR) is 80.7 cm³/mol. The maximum absolute atomic E-state index is 11.7. The first-order valence-electron chi connectivity index (χ1n) is 6.04. The average Bonchev–Trinajstić information content (AvgIpc) is 2.39. The molecule has 0 aliphatic heterocycles. The summed E-state index contributed by atoms with van der Waals surface area (Å²) in [7, 11) is 0. The first kappa shape index (κ1) is 16.1. The number of hydrogen-bond donors (Lipinski definition) is 3. The molecule has 1 unspecified atom stereocenters. The lowest BCUT2D eigenvalue weighted by atomic mass is 10.2. The van der Waals surface area contributed by atoms with E-state index in [4.69, 9.17) is 16.7 Å². The molecule has 3 N–H and O–H groups in total. The lowest BCUT2D eigenvalue weighted by molar-refractivity contribution is 0.231. The molecule has 0 aliphatic carbocycles. The molecule has 4 nitrogen and oxygen atoms in total. The van der Waals surface area contributed by atoms with Crippen molar-refractivity contribution in [3.05, 3.63) is 34.9 Å². The van der Waals surface area contributed by atoms with E-state index in [0.29, 0.717) is 18.0 Å². The molecule has 1 aromatic rings. The Morgan fingerprint density at radius 3 is 2.68 bits per heavy atom. The Morgan fingerprint density at radius 1 is 1.42 bits per heavy atom. The number of amides is 2. The van der Waals surface area contributed by atoms with E-state index < -0.39 is 0 Å². The number of halogens is 1. The van der Waals surface area contributed by atoms with Gasteiger partial charge in [0.25, 0.3) is 0 Å². The van der Waals surface area contributed by atoms with Gasteiger partial charge < -0.3 is 15.7 Å². The Morgan fingerprint density at radius 2 is 2.11 bits per heavy atom. The number of thioether (sulfide) groups is 1. The quantitative estimate of drug-likeness (QED) is 0.724. The summed E-state index contributed by atoms with van der Waals surface area (Å²) < 4.78 is 0. The second-order valence-corrected chi connectivity index (χ2v) is 5.47. The molecule has 2 amide bonds. The lowest BCUT2D eigenvalue weighted by Gasteiger charge is -2.17. The van der Waals surface area contributed by atoms with E-state index in [1.165, 1.54) is 0 Å². The monoisotopic (exact) mass is 302 g/mol. The van der Waals surface area contributed by atoms with Gasteiger partial charge in [-0.25, -0.2) is 4.79 Å². The molecule has 0 heterocycles. The fourth-order valence-electron chi connectivity index (χ4n) is 1.58. The molecule has 0 aromatic heterocycles. The zero-order valence-corrected chi connectivity index (χ0v) is 12.4. The topological polar surface area (TPSA) is 61.4 Å². The molecule has 1 aromatic carbocycles. The Kier molecular flexibility index (Phi) is 7.70. The number of aliphatic hydroxyl groups excluding tert-OH is 1. The minimum atomic E-state index is -0.220. The number of nitrogens with one attached hydrogen (secondary N) is 2. The number of urea groups is 1. The van der Waals surface area contributed by atoms with E-state index in [1.54, 1.807) is 23.9 Å². The molecule has 106 valence electrons. The van der Waals surface area contributed by atoms with E-state index in [1.807, 2.05) is 18.4 Å². The van der Waals surface area contributed by atoms with Crippen molar-refractivity contribution in [1.29, 1.82) is 0 Å². The molecule has 0 saturated heterocycles. The van der Waals surface area contributed by atoms with Crippen molar-refractivity contribution in [1.82, 2.24) is 10.6 Å². The van der Waals surface area contributed by atoms with Gasteiger partial charge in [-0.3, -0.25) is 0 Å². The molecule has 6 heteroatoms. The number of rotatable bonds is 7. The third-order valence-corrected chi connectivity index (χ3v) is 3.53. The Balaban J connectivity index is 2.35. The van der Waals surface area contributed by atoms with Gasteiger partial charge in [0, 0.05) is 30.0 Å². The van der Waals surface area contributed by atoms with Gasteiger partial charge in [0.2, 0.25) is 0 Å². The van der Waals surface area contributed by atoms with Gasteiger partial charge in [-0.15, -0.1) is 0 Å². The molecular weight excluding hydrogens is 284 g/mol. The van der Waals surface area contributed by atoms with Gasteiger partial charge >= 0.3 is 6.03 Å². The van der Waals surface area contributed by atoms with E-state index >= 15 is 0 Å². The van der Waals surface area contributed by atoms with Crippen molar-refractivity contribution in [2.24, 2.45) is 0 Å². The van der Waals surface area contributed by atoms with E-state index in [0.717, 1.165) is 11.3 Å². The van der Waals surface area contributed by atoms with Crippen molar-refractivity contribution in [2.45, 2.75) is 19.0 Å². The standard InChI is InChI=1S/C13H19ClN2O2S/c1-19-9-12(6-7-17)16-13(18)15-8-10-2-4-11(14)5-3-10/h2-5,12,17H,6-9H2,1H3,(H2,15,16,18). The van der Waals surface area contributed by atoms with Crippen LogP contribution in [0.5, 0.6) is 0 Å². The third-order valence-electron chi connectivity index (χ3n) is 2.55. The van der Waals surface area contributed by atoms with Crippen molar-refractivity contribution in [2.75, 3.05) is 18.6 Å². The maximum Gasteiger partial charge on any atom is 0.315 e. The number of carbonyl (C=O) groups excluding carboxylic acids is 1. The lowest BCUT2D eigenvalue weighted by Crippen LogP contribution is -2.43. The van der Waals surface area contributed by atoms with Gasteiger partial charge in [-0.1, -0.05) is 23.7 Å². The van der Waals surface area contributed by atoms with Crippen LogP contribution < -0.4 is 10.6 Å². The summed E-state index contributed by atoms with van der Waals surface area (Å²) in [6.07, 6.45) is 2.53. The molecule has 0 aliphatic rings. The van der Waals surface area contributed by atoms with Crippen LogP contribution >= 0.6 is 23.4 Å². The highest BCUT2D eigenvalue weighted by atomic mass is 35.5. The fraction of sp³-hybridized carbons (Fsp3) is 0.462. The number of aliphatic hydroxyl groups is 1. The van der Waals surface area contributed by atoms with Crippen LogP contribution in [0.15, 0.2) is 24.3 Å². The molecule has 0 saturated carbocycles. The van der Waals surface area contributed by atoms with Crippen LogP contribution in [0.2, 0.25) is 5.02 Å². The first-order valence-corrected chi connectivity index (χ1v) is 7.81. The van der Waals surface area contributed by atoms with Crippen LogP contribution in [0.4, 0.5) is 4.79 Å². The molecule has 1 atom stereocenters. The Bertz CT molecular complexity index is 381. The third kappa shape index (κ3) is 6.71. The molecule has 0 fully saturated rings. The summed E-state index contributed by atoms with van der Waals surface area (Å²) in [5.74, 6) is 0.787.